The molecule has 0 saturated heterocycles. The lowest BCUT2D eigenvalue weighted by molar-refractivity contribution is -0.121. The lowest BCUT2D eigenvalue weighted by Crippen LogP contribution is -2.37. The number of aryl methyl sites for hydroxylation is 1. The lowest BCUT2D eigenvalue weighted by atomic mass is 10.1. The fraction of sp³-hybridized carbons (Fsp3) is 0.160. The number of anilines is 1. The number of carbonyl (C=O) groups is 1. The van der Waals surface area contributed by atoms with E-state index in [9.17, 15) is 4.79 Å². The van der Waals surface area contributed by atoms with E-state index in [1.165, 1.54) is 0 Å². The average molecular weight is 446 g/mol. The van der Waals surface area contributed by atoms with Crippen molar-refractivity contribution in [2.75, 3.05) is 11.9 Å². The number of hydrogen-bond acceptors (Lipinski definition) is 5. The highest BCUT2D eigenvalue weighted by Crippen LogP contribution is 2.20. The highest BCUT2D eigenvalue weighted by Gasteiger charge is 2.09. The van der Waals surface area contributed by atoms with E-state index >= 15 is 0 Å². The van der Waals surface area contributed by atoms with Crippen molar-refractivity contribution in [1.82, 2.24) is 10.3 Å². The summed E-state index contributed by atoms with van der Waals surface area (Å²) in [6.45, 7) is 3.85. The van der Waals surface area contributed by atoms with Crippen molar-refractivity contribution in [1.29, 1.82) is 0 Å². The Morgan fingerprint density at radius 3 is 2.59 bits per heavy atom. The van der Waals surface area contributed by atoms with Gasteiger partial charge in [0.05, 0.1) is 0 Å². The second kappa shape index (κ2) is 9.62. The van der Waals surface area contributed by atoms with Crippen molar-refractivity contribution < 1.29 is 13.9 Å². The van der Waals surface area contributed by atoms with Crippen molar-refractivity contribution in [2.45, 2.75) is 20.3 Å². The van der Waals surface area contributed by atoms with Crippen LogP contribution in [0.1, 0.15) is 22.6 Å². The van der Waals surface area contributed by atoms with E-state index in [0.29, 0.717) is 18.1 Å². The van der Waals surface area contributed by atoms with Gasteiger partial charge in [-0.15, -0.1) is 0 Å². The number of ether oxygens (including phenoxy) is 1. The summed E-state index contributed by atoms with van der Waals surface area (Å²) in [4.78, 5) is 16.7. The molecule has 32 heavy (non-hydrogen) atoms. The van der Waals surface area contributed by atoms with Gasteiger partial charge in [-0.05, 0) is 73.1 Å². The largest absolute Gasteiger partial charge is 0.483 e. The third-order valence-corrected chi connectivity index (χ3v) is 5.28. The number of benzene rings is 3. The van der Waals surface area contributed by atoms with Gasteiger partial charge in [-0.25, -0.2) is 4.98 Å². The number of fused-ring (bicyclic) bond motifs is 1. The highest BCUT2D eigenvalue weighted by molar-refractivity contribution is 7.80. The molecular formula is C25H23N3O3S. The molecule has 0 aliphatic carbocycles. The van der Waals surface area contributed by atoms with Crippen molar-refractivity contribution >= 4 is 40.0 Å². The van der Waals surface area contributed by atoms with Gasteiger partial charge in [0.15, 0.2) is 23.2 Å². The molecule has 0 aliphatic rings. The zero-order chi connectivity index (χ0) is 22.5. The van der Waals surface area contributed by atoms with Gasteiger partial charge in [0.1, 0.15) is 11.3 Å². The minimum atomic E-state index is -0.323. The van der Waals surface area contributed by atoms with Crippen molar-refractivity contribution in [3.8, 4) is 5.75 Å². The van der Waals surface area contributed by atoms with Crippen molar-refractivity contribution in [3.63, 3.8) is 0 Å². The number of oxazole rings is 1. The number of para-hydroxylation sites is 2. The maximum atomic E-state index is 12.2. The van der Waals surface area contributed by atoms with E-state index < -0.39 is 0 Å². The monoisotopic (exact) mass is 445 g/mol. The van der Waals surface area contributed by atoms with Crippen LogP contribution in [0.5, 0.6) is 5.75 Å². The third-order valence-electron chi connectivity index (χ3n) is 5.07. The van der Waals surface area contributed by atoms with Gasteiger partial charge in [-0.2, -0.15) is 0 Å². The molecular weight excluding hydrogens is 422 g/mol. The summed E-state index contributed by atoms with van der Waals surface area (Å²) in [6.07, 6.45) is 0.589. The number of carbonyl (C=O) groups excluding carboxylic acids is 1. The van der Waals surface area contributed by atoms with Gasteiger partial charge in [-0.1, -0.05) is 36.4 Å². The molecule has 1 aromatic heterocycles. The topological polar surface area (TPSA) is 76.4 Å². The molecule has 0 fully saturated rings. The van der Waals surface area contributed by atoms with Gasteiger partial charge in [0.25, 0.3) is 5.91 Å². The summed E-state index contributed by atoms with van der Waals surface area (Å²) < 4.78 is 11.4. The summed E-state index contributed by atoms with van der Waals surface area (Å²) in [7, 11) is 0. The molecule has 3 aromatic carbocycles. The zero-order valence-electron chi connectivity index (χ0n) is 17.8. The normalized spacial score (nSPS) is 10.7. The minimum Gasteiger partial charge on any atom is -0.483 e. The molecule has 0 bridgehead atoms. The Morgan fingerprint density at radius 1 is 1.03 bits per heavy atom. The summed E-state index contributed by atoms with van der Waals surface area (Å²) in [5.41, 5.74) is 5.58. The molecule has 4 aromatic rings. The average Bonchev–Trinajstić information content (AvgIpc) is 3.18. The molecule has 2 N–H and O–H groups in total. The van der Waals surface area contributed by atoms with E-state index in [1.54, 1.807) is 0 Å². The first kappa shape index (κ1) is 21.5. The first-order valence-corrected chi connectivity index (χ1v) is 10.6. The van der Waals surface area contributed by atoms with Crippen LogP contribution in [0.25, 0.3) is 11.1 Å². The Labute approximate surface area is 191 Å². The van der Waals surface area contributed by atoms with Gasteiger partial charge in [0, 0.05) is 12.1 Å². The fourth-order valence-corrected chi connectivity index (χ4v) is 3.46. The van der Waals surface area contributed by atoms with Crippen LogP contribution in [0.3, 0.4) is 0 Å². The molecule has 0 spiro atoms. The molecule has 0 saturated carbocycles. The smallest absolute Gasteiger partial charge is 0.264 e. The van der Waals surface area contributed by atoms with Crippen LogP contribution in [-0.2, 0) is 11.2 Å². The van der Waals surface area contributed by atoms with Crippen LogP contribution in [0.2, 0.25) is 0 Å². The Hall–Kier alpha value is -3.71. The number of amides is 1. The second-order valence-corrected chi connectivity index (χ2v) is 7.85. The maximum absolute atomic E-state index is 12.2. The van der Waals surface area contributed by atoms with Crippen LogP contribution in [-0.4, -0.2) is 22.6 Å². The highest BCUT2D eigenvalue weighted by atomic mass is 32.1. The lowest BCUT2D eigenvalue weighted by Gasteiger charge is -2.12. The first-order valence-electron chi connectivity index (χ1n) is 10.2. The molecule has 0 unspecified atom stereocenters. The predicted molar refractivity (Wildman–Crippen MR) is 129 cm³/mol. The predicted octanol–water partition coefficient (Wildman–Crippen LogP) is 4.93. The molecule has 7 heteroatoms. The van der Waals surface area contributed by atoms with Gasteiger partial charge >= 0.3 is 0 Å². The van der Waals surface area contributed by atoms with E-state index in [2.05, 4.69) is 15.6 Å². The van der Waals surface area contributed by atoms with Crippen LogP contribution < -0.4 is 15.4 Å². The summed E-state index contributed by atoms with van der Waals surface area (Å²) in [6, 6.07) is 21.1. The van der Waals surface area contributed by atoms with Crippen LogP contribution in [0.15, 0.2) is 71.1 Å². The summed E-state index contributed by atoms with van der Waals surface area (Å²) in [5.74, 6) is 1.03. The summed E-state index contributed by atoms with van der Waals surface area (Å²) >= 11 is 5.24. The second-order valence-electron chi connectivity index (χ2n) is 7.44. The van der Waals surface area contributed by atoms with Crippen molar-refractivity contribution in [3.05, 3.63) is 89.3 Å². The molecule has 6 nitrogen and oxygen atoms in total. The Kier molecular flexibility index (Phi) is 6.47. The van der Waals surface area contributed by atoms with E-state index in [0.717, 1.165) is 33.5 Å². The standard InChI is InChI=1S/C25H23N3O3S/c1-16-6-5-9-21(17(16)2)30-15-23(29)28-25(32)26-19-12-10-18(11-13-19)14-24-27-20-7-3-4-8-22(20)31-24/h3-13H,14-15H2,1-2H3,(H2,26,28,29,32). The molecule has 1 heterocycles. The van der Waals surface area contributed by atoms with Crippen LogP contribution in [0.4, 0.5) is 5.69 Å². The van der Waals surface area contributed by atoms with Crippen LogP contribution >= 0.6 is 12.2 Å². The van der Waals surface area contributed by atoms with E-state index in [1.807, 2.05) is 80.6 Å². The zero-order valence-corrected chi connectivity index (χ0v) is 18.7. The number of hydrogen-bond donors (Lipinski definition) is 2. The number of aromatic nitrogens is 1. The number of rotatable bonds is 6. The third kappa shape index (κ3) is 5.31. The molecule has 162 valence electrons. The first-order chi connectivity index (χ1) is 15.5. The SMILES string of the molecule is Cc1cccc(OCC(=O)NC(=S)Nc2ccc(Cc3nc4ccccc4o3)cc2)c1C. The molecule has 1 amide bonds. The van der Waals surface area contributed by atoms with Crippen LogP contribution in [0, 0.1) is 13.8 Å². The Bertz CT molecular complexity index is 1230. The Balaban J connectivity index is 1.27. The summed E-state index contributed by atoms with van der Waals surface area (Å²) in [5, 5.41) is 5.86. The number of thiocarbonyl (C=S) groups is 1. The Morgan fingerprint density at radius 2 is 1.81 bits per heavy atom. The fourth-order valence-electron chi connectivity index (χ4n) is 3.22. The molecule has 0 aliphatic heterocycles. The van der Waals surface area contributed by atoms with E-state index in [-0.39, 0.29) is 17.6 Å². The minimum absolute atomic E-state index is 0.116. The van der Waals surface area contributed by atoms with E-state index in [4.69, 9.17) is 21.4 Å². The van der Waals surface area contributed by atoms with Gasteiger partial charge in [0.2, 0.25) is 0 Å². The number of nitrogens with one attached hydrogen (secondary N) is 2. The van der Waals surface area contributed by atoms with Gasteiger partial charge < -0.3 is 14.5 Å². The molecule has 0 radical (unpaired) electrons. The quantitative estimate of drug-likeness (QED) is 0.410. The van der Waals surface area contributed by atoms with Crippen molar-refractivity contribution in [2.24, 2.45) is 0 Å². The number of nitrogens with zero attached hydrogens (tertiary/aromatic N) is 1. The molecule has 4 rings (SSSR count). The molecule has 0 atom stereocenters. The maximum Gasteiger partial charge on any atom is 0.264 e. The van der Waals surface area contributed by atoms with Gasteiger partial charge in [-0.3, -0.25) is 10.1 Å².